The summed E-state index contributed by atoms with van der Waals surface area (Å²) in [6.45, 7) is 4.44. The number of nitrogens with two attached hydrogens (primary N) is 1. The zero-order chi connectivity index (χ0) is 15.6. The van der Waals surface area contributed by atoms with Crippen molar-refractivity contribution in [2.75, 3.05) is 25.4 Å². The highest BCUT2D eigenvalue weighted by molar-refractivity contribution is 9.10. The van der Waals surface area contributed by atoms with Crippen molar-refractivity contribution in [2.24, 2.45) is 0 Å². The molecule has 0 amide bonds. The SMILES string of the molecule is CCN1CCCC1CNS(=O)(=O)c1cc(Cl)cc(N)c1Br. The van der Waals surface area contributed by atoms with Crippen LogP contribution in [0.4, 0.5) is 5.69 Å². The van der Waals surface area contributed by atoms with Crippen LogP contribution >= 0.6 is 27.5 Å². The molecule has 0 aliphatic carbocycles. The van der Waals surface area contributed by atoms with Gasteiger partial charge in [-0.2, -0.15) is 0 Å². The number of nitrogens with one attached hydrogen (secondary N) is 1. The molecule has 1 fully saturated rings. The predicted octanol–water partition coefficient (Wildman–Crippen LogP) is 2.45. The third-order valence-electron chi connectivity index (χ3n) is 3.74. The fourth-order valence-corrected chi connectivity index (χ4v) is 4.97. The molecule has 118 valence electrons. The zero-order valence-corrected chi connectivity index (χ0v) is 14.9. The molecular weight excluding hydrogens is 378 g/mol. The molecule has 1 atom stereocenters. The third-order valence-corrected chi connectivity index (χ3v) is 6.55. The predicted molar refractivity (Wildman–Crippen MR) is 89.0 cm³/mol. The van der Waals surface area contributed by atoms with Crippen molar-refractivity contribution < 1.29 is 8.42 Å². The fraction of sp³-hybridized carbons (Fsp3) is 0.538. The van der Waals surface area contributed by atoms with Crippen molar-refractivity contribution in [3.05, 3.63) is 21.6 Å². The second-order valence-electron chi connectivity index (χ2n) is 5.08. The van der Waals surface area contributed by atoms with E-state index in [9.17, 15) is 8.42 Å². The zero-order valence-electron chi connectivity index (χ0n) is 11.8. The lowest BCUT2D eigenvalue weighted by Gasteiger charge is -2.23. The molecule has 8 heteroatoms. The summed E-state index contributed by atoms with van der Waals surface area (Å²) in [5.41, 5.74) is 6.05. The first-order chi connectivity index (χ1) is 9.85. The van der Waals surface area contributed by atoms with Gasteiger partial charge in [0, 0.05) is 23.3 Å². The summed E-state index contributed by atoms with van der Waals surface area (Å²) in [4.78, 5) is 2.36. The second kappa shape index (κ2) is 6.83. The lowest BCUT2D eigenvalue weighted by Crippen LogP contribution is -2.40. The molecule has 0 bridgehead atoms. The van der Waals surface area contributed by atoms with Gasteiger partial charge < -0.3 is 5.73 Å². The third kappa shape index (κ3) is 3.90. The first kappa shape index (κ1) is 17.0. The van der Waals surface area contributed by atoms with Gasteiger partial charge in [-0.1, -0.05) is 18.5 Å². The quantitative estimate of drug-likeness (QED) is 0.750. The van der Waals surface area contributed by atoms with Crippen LogP contribution in [0.15, 0.2) is 21.5 Å². The molecule has 1 heterocycles. The second-order valence-corrected chi connectivity index (χ2v) is 8.05. The maximum absolute atomic E-state index is 12.4. The van der Waals surface area contributed by atoms with Gasteiger partial charge in [0.1, 0.15) is 0 Å². The number of hydrogen-bond acceptors (Lipinski definition) is 4. The molecule has 1 aliphatic rings. The van der Waals surface area contributed by atoms with E-state index in [0.29, 0.717) is 21.7 Å². The van der Waals surface area contributed by atoms with Crippen LogP contribution in [-0.4, -0.2) is 39.0 Å². The number of halogens is 2. The summed E-state index contributed by atoms with van der Waals surface area (Å²) in [6.07, 6.45) is 2.11. The van der Waals surface area contributed by atoms with Crippen molar-refractivity contribution in [2.45, 2.75) is 30.7 Å². The molecule has 1 unspecified atom stereocenters. The van der Waals surface area contributed by atoms with E-state index in [2.05, 4.69) is 32.5 Å². The van der Waals surface area contributed by atoms with Gasteiger partial charge in [0.2, 0.25) is 10.0 Å². The highest BCUT2D eigenvalue weighted by Crippen LogP contribution is 2.31. The van der Waals surface area contributed by atoms with Crippen molar-refractivity contribution in [1.29, 1.82) is 0 Å². The van der Waals surface area contributed by atoms with E-state index in [1.54, 1.807) is 0 Å². The highest BCUT2D eigenvalue weighted by Gasteiger charge is 2.26. The van der Waals surface area contributed by atoms with Crippen LogP contribution in [0.5, 0.6) is 0 Å². The molecule has 0 aromatic heterocycles. The normalized spacial score (nSPS) is 20.0. The lowest BCUT2D eigenvalue weighted by molar-refractivity contribution is 0.268. The van der Waals surface area contributed by atoms with Gasteiger partial charge in [0.25, 0.3) is 0 Å². The lowest BCUT2D eigenvalue weighted by atomic mass is 10.2. The van der Waals surface area contributed by atoms with E-state index in [0.717, 1.165) is 25.9 Å². The largest absolute Gasteiger partial charge is 0.398 e. The van der Waals surface area contributed by atoms with E-state index in [4.69, 9.17) is 17.3 Å². The molecule has 3 N–H and O–H groups in total. The Hall–Kier alpha value is -0.340. The van der Waals surface area contributed by atoms with Crippen molar-refractivity contribution in [1.82, 2.24) is 9.62 Å². The Balaban J connectivity index is 2.16. The molecule has 1 saturated heterocycles. The maximum Gasteiger partial charge on any atom is 0.241 e. The topological polar surface area (TPSA) is 75.4 Å². The number of rotatable bonds is 5. The Bertz CT molecular complexity index is 624. The molecule has 2 rings (SSSR count). The molecule has 5 nitrogen and oxygen atoms in total. The monoisotopic (exact) mass is 395 g/mol. The van der Waals surface area contributed by atoms with Crippen LogP contribution in [0, 0.1) is 0 Å². The smallest absolute Gasteiger partial charge is 0.241 e. The van der Waals surface area contributed by atoms with Crippen molar-refractivity contribution in [3.63, 3.8) is 0 Å². The Morgan fingerprint density at radius 1 is 1.52 bits per heavy atom. The van der Waals surface area contributed by atoms with Gasteiger partial charge in [0.05, 0.1) is 9.37 Å². The molecule has 0 saturated carbocycles. The van der Waals surface area contributed by atoms with Gasteiger partial charge in [-0.3, -0.25) is 4.90 Å². The number of hydrogen-bond donors (Lipinski definition) is 2. The van der Waals surface area contributed by atoms with Crippen LogP contribution < -0.4 is 10.5 Å². The van der Waals surface area contributed by atoms with E-state index < -0.39 is 10.0 Å². The average Bonchev–Trinajstić information content (AvgIpc) is 2.88. The van der Waals surface area contributed by atoms with Crippen molar-refractivity contribution >= 4 is 43.2 Å². The van der Waals surface area contributed by atoms with Gasteiger partial charge >= 0.3 is 0 Å². The molecule has 1 aliphatic heterocycles. The molecule has 0 radical (unpaired) electrons. The van der Waals surface area contributed by atoms with Crippen LogP contribution in [-0.2, 0) is 10.0 Å². The molecular formula is C13H19BrClN3O2S. The maximum atomic E-state index is 12.4. The number of anilines is 1. The number of likely N-dealkylation sites (N-methyl/N-ethyl adjacent to an activating group) is 1. The minimum absolute atomic E-state index is 0.0774. The summed E-state index contributed by atoms with van der Waals surface area (Å²) in [5, 5.41) is 0.298. The van der Waals surface area contributed by atoms with Gasteiger partial charge in [-0.05, 0) is 54.0 Å². The van der Waals surface area contributed by atoms with Gasteiger partial charge in [-0.25, -0.2) is 13.1 Å². The minimum Gasteiger partial charge on any atom is -0.398 e. The van der Waals surface area contributed by atoms with E-state index in [1.165, 1.54) is 12.1 Å². The number of sulfonamides is 1. The number of nitrogen functional groups attached to an aromatic ring is 1. The first-order valence-corrected chi connectivity index (χ1v) is 9.48. The Labute approximate surface area is 139 Å². The summed E-state index contributed by atoms with van der Waals surface area (Å²) >= 11 is 9.12. The van der Waals surface area contributed by atoms with Gasteiger partial charge in [0.15, 0.2) is 0 Å². The van der Waals surface area contributed by atoms with E-state index >= 15 is 0 Å². The minimum atomic E-state index is -3.64. The Kier molecular flexibility index (Phi) is 5.54. The number of likely N-dealkylation sites (tertiary alicyclic amines) is 1. The van der Waals surface area contributed by atoms with Crippen LogP contribution in [0.25, 0.3) is 0 Å². The summed E-state index contributed by atoms with van der Waals surface area (Å²) in [7, 11) is -3.64. The van der Waals surface area contributed by atoms with Crippen LogP contribution in [0.1, 0.15) is 19.8 Å². The summed E-state index contributed by atoms with van der Waals surface area (Å²) in [5.74, 6) is 0. The van der Waals surface area contributed by atoms with Crippen LogP contribution in [0.3, 0.4) is 0 Å². The number of nitrogens with zero attached hydrogens (tertiary/aromatic N) is 1. The molecule has 1 aromatic rings. The fourth-order valence-electron chi connectivity index (χ4n) is 2.61. The summed E-state index contributed by atoms with van der Waals surface area (Å²) in [6, 6.07) is 3.16. The highest BCUT2D eigenvalue weighted by atomic mass is 79.9. The average molecular weight is 397 g/mol. The molecule has 21 heavy (non-hydrogen) atoms. The van der Waals surface area contributed by atoms with Gasteiger partial charge in [-0.15, -0.1) is 0 Å². The summed E-state index contributed by atoms with van der Waals surface area (Å²) < 4.78 is 27.9. The standard InChI is InChI=1S/C13H19BrClN3O2S/c1-2-18-5-3-4-10(18)8-17-21(19,20)12-7-9(15)6-11(16)13(12)14/h6-7,10,17H,2-5,8,16H2,1H3. The van der Waals surface area contributed by atoms with E-state index in [1.807, 2.05) is 0 Å². The van der Waals surface area contributed by atoms with E-state index in [-0.39, 0.29) is 10.9 Å². The Morgan fingerprint density at radius 2 is 2.24 bits per heavy atom. The van der Waals surface area contributed by atoms with Crippen LogP contribution in [0.2, 0.25) is 5.02 Å². The molecule has 0 spiro atoms. The molecule has 1 aromatic carbocycles. The Morgan fingerprint density at radius 3 is 2.90 bits per heavy atom. The number of benzene rings is 1. The van der Waals surface area contributed by atoms with Crippen molar-refractivity contribution in [3.8, 4) is 0 Å². The first-order valence-electron chi connectivity index (χ1n) is 6.83.